The summed E-state index contributed by atoms with van der Waals surface area (Å²) >= 11 is 0. The number of carboxylic acids is 3. The highest BCUT2D eigenvalue weighted by Gasteiger charge is 2.37. The number of ether oxygens (including phenoxy) is 2. The first-order chi connectivity index (χ1) is 22.8. The van der Waals surface area contributed by atoms with Crippen LogP contribution in [0.5, 0.6) is 23.0 Å². The van der Waals surface area contributed by atoms with Gasteiger partial charge < -0.3 is 35.0 Å². The number of hydrogen-bond acceptors (Lipinski definition) is 14. The molecular formula is C28H31N3O16S2. The van der Waals surface area contributed by atoms with Crippen molar-refractivity contribution in [2.24, 2.45) is 0 Å². The number of carbonyl (C=O) groups is 3. The van der Waals surface area contributed by atoms with E-state index in [1.165, 1.54) is 24.4 Å². The molecule has 0 saturated carbocycles. The van der Waals surface area contributed by atoms with Crippen molar-refractivity contribution >= 4 is 38.1 Å². The number of benzene rings is 2. The maximum absolute atomic E-state index is 12.6. The van der Waals surface area contributed by atoms with E-state index >= 15 is 0 Å². The van der Waals surface area contributed by atoms with Gasteiger partial charge in [0.1, 0.15) is 38.8 Å². The molecule has 0 saturated heterocycles. The first-order valence-electron chi connectivity index (χ1n) is 13.6. The molecule has 0 fully saturated rings. The fraction of sp³-hybridized carbons (Fsp3) is 0.286. The molecule has 19 nitrogen and oxygen atoms in total. The van der Waals surface area contributed by atoms with Crippen LogP contribution in [0, 0.1) is 0 Å². The van der Waals surface area contributed by atoms with Crippen molar-refractivity contribution in [1.29, 1.82) is 0 Å². The fourth-order valence-electron chi connectivity index (χ4n) is 5.02. The van der Waals surface area contributed by atoms with Crippen LogP contribution < -0.4 is 9.47 Å². The molecule has 266 valence electrons. The summed E-state index contributed by atoms with van der Waals surface area (Å²) in [5.74, 6) is -7.68. The van der Waals surface area contributed by atoms with Crippen LogP contribution in [0.2, 0.25) is 0 Å². The Morgan fingerprint density at radius 3 is 1.65 bits per heavy atom. The summed E-state index contributed by atoms with van der Waals surface area (Å²) in [6.07, 6.45) is 1.29. The van der Waals surface area contributed by atoms with E-state index in [1.54, 1.807) is 0 Å². The van der Waals surface area contributed by atoms with Gasteiger partial charge >= 0.3 is 17.9 Å². The summed E-state index contributed by atoms with van der Waals surface area (Å²) in [4.78, 5) is 40.6. The quantitative estimate of drug-likeness (QED) is 0.0940. The summed E-state index contributed by atoms with van der Waals surface area (Å²) < 4.78 is 77.8. The van der Waals surface area contributed by atoms with Gasteiger partial charge in [-0.25, -0.2) is 0 Å². The average molecular weight is 730 g/mol. The number of rotatable bonds is 17. The first kappa shape index (κ1) is 38.4. The molecule has 0 aliphatic heterocycles. The molecule has 1 aromatic heterocycles. The highest BCUT2D eigenvalue weighted by Crippen LogP contribution is 2.41. The molecule has 2 atom stereocenters. The molecule has 0 radical (unpaired) electrons. The Balaban J connectivity index is 2.26. The van der Waals surface area contributed by atoms with Gasteiger partial charge in [-0.3, -0.25) is 38.3 Å². The molecule has 49 heavy (non-hydrogen) atoms. The summed E-state index contributed by atoms with van der Waals surface area (Å²) in [7, 11) is -8.04. The minimum atomic E-state index is -5.16. The standard InChI is InChI=1S/C28H31N3O16S2/c1-46-15-9-17(26(36)20(11-15)48(40,41)42)24(19-5-3-4-6-29-19)30(13-22(32)33)7-8-31(14-23(34)35)25(28(38)39)18-10-16(47-2)12-21(27(18)37)49(43,44)45/h3-6,9-12,24-25,36-37H,7-8,13-14H2,1-2H3,(H,32,33)(H,34,35)(H,38,39)(H,40,41,42)(H,43,44,45). The monoisotopic (exact) mass is 729 g/mol. The van der Waals surface area contributed by atoms with Gasteiger partial charge in [0.15, 0.2) is 0 Å². The van der Waals surface area contributed by atoms with Gasteiger partial charge in [-0.1, -0.05) is 6.07 Å². The van der Waals surface area contributed by atoms with E-state index in [2.05, 4.69) is 4.98 Å². The van der Waals surface area contributed by atoms with Gasteiger partial charge in [-0.05, 0) is 24.3 Å². The van der Waals surface area contributed by atoms with E-state index in [9.17, 15) is 65.9 Å². The van der Waals surface area contributed by atoms with Gasteiger partial charge in [-0.15, -0.1) is 0 Å². The zero-order chi connectivity index (χ0) is 36.8. The Kier molecular flexibility index (Phi) is 12.1. The van der Waals surface area contributed by atoms with Gasteiger partial charge in [-0.2, -0.15) is 16.8 Å². The number of nitrogens with zero attached hydrogens (tertiary/aromatic N) is 3. The molecule has 2 aromatic carbocycles. The number of aromatic hydroxyl groups is 2. The lowest BCUT2D eigenvalue weighted by atomic mass is 9.99. The second-order valence-corrected chi connectivity index (χ2v) is 13.0. The minimum absolute atomic E-state index is 0.0106. The van der Waals surface area contributed by atoms with Gasteiger partial charge in [0.25, 0.3) is 20.2 Å². The van der Waals surface area contributed by atoms with E-state index in [0.717, 1.165) is 42.2 Å². The number of aromatic nitrogens is 1. The lowest BCUT2D eigenvalue weighted by molar-refractivity contribution is -0.147. The van der Waals surface area contributed by atoms with Crippen molar-refractivity contribution < 1.29 is 75.3 Å². The Hall–Kier alpha value is -5.06. The van der Waals surface area contributed by atoms with Crippen LogP contribution in [0.25, 0.3) is 0 Å². The zero-order valence-electron chi connectivity index (χ0n) is 25.6. The molecule has 1 heterocycles. The van der Waals surface area contributed by atoms with Crippen LogP contribution in [0.3, 0.4) is 0 Å². The highest BCUT2D eigenvalue weighted by atomic mass is 32.2. The zero-order valence-corrected chi connectivity index (χ0v) is 27.2. The maximum Gasteiger partial charge on any atom is 0.325 e. The van der Waals surface area contributed by atoms with Crippen LogP contribution in [0.4, 0.5) is 0 Å². The largest absolute Gasteiger partial charge is 0.506 e. The summed E-state index contributed by atoms with van der Waals surface area (Å²) in [6.45, 7) is -3.22. The van der Waals surface area contributed by atoms with Gasteiger partial charge in [0.05, 0.1) is 39.0 Å². The van der Waals surface area contributed by atoms with Crippen LogP contribution in [0.1, 0.15) is 28.9 Å². The van der Waals surface area contributed by atoms with Crippen LogP contribution in [-0.2, 0) is 34.6 Å². The number of pyridine rings is 1. The van der Waals surface area contributed by atoms with E-state index < -0.39 is 103 Å². The SMILES string of the molecule is COc1cc(C(C(=O)O)N(CCN(CC(=O)O)C(c2ccccn2)c2cc(OC)cc(S(=O)(=O)O)c2O)CC(=O)O)c(O)c(S(=O)(=O)O)c1. The molecule has 3 rings (SSSR count). The van der Waals surface area contributed by atoms with Crippen molar-refractivity contribution in [1.82, 2.24) is 14.8 Å². The van der Waals surface area contributed by atoms with Gasteiger partial charge in [0.2, 0.25) is 0 Å². The second-order valence-electron chi connectivity index (χ2n) is 10.2. The predicted molar refractivity (Wildman–Crippen MR) is 164 cm³/mol. The topological polar surface area (TPSA) is 299 Å². The molecule has 0 aliphatic rings. The number of carboxylic acid groups (broad SMARTS) is 3. The van der Waals surface area contributed by atoms with Gasteiger partial charge in [0, 0.05) is 42.5 Å². The molecule has 3 aromatic rings. The molecule has 21 heteroatoms. The minimum Gasteiger partial charge on any atom is -0.506 e. The molecule has 0 bridgehead atoms. The lowest BCUT2D eigenvalue weighted by Gasteiger charge is -2.35. The summed E-state index contributed by atoms with van der Waals surface area (Å²) in [5, 5.41) is 51.6. The Bertz CT molecular complexity index is 1940. The predicted octanol–water partition coefficient (Wildman–Crippen LogP) is 0.692. The third-order valence-corrected chi connectivity index (χ3v) is 8.79. The normalized spacial score (nSPS) is 13.2. The number of aliphatic carboxylic acids is 3. The van der Waals surface area contributed by atoms with Crippen molar-refractivity contribution in [2.75, 3.05) is 40.4 Å². The molecule has 7 N–H and O–H groups in total. The molecule has 2 unspecified atom stereocenters. The Labute approximate surface area is 278 Å². The number of phenolic OH excluding ortho intramolecular Hbond substituents is 2. The smallest absolute Gasteiger partial charge is 0.325 e. The van der Waals surface area contributed by atoms with Crippen LogP contribution in [-0.4, -0.2) is 125 Å². The Morgan fingerprint density at radius 1 is 0.755 bits per heavy atom. The third kappa shape index (κ3) is 9.31. The number of hydrogen-bond donors (Lipinski definition) is 7. The molecular weight excluding hydrogens is 698 g/mol. The fourth-order valence-corrected chi connectivity index (χ4v) is 6.28. The average Bonchev–Trinajstić information content (AvgIpc) is 3.00. The summed E-state index contributed by atoms with van der Waals surface area (Å²) in [6, 6.07) is 4.26. The molecule has 0 aliphatic carbocycles. The molecule has 0 spiro atoms. The van der Waals surface area contributed by atoms with Crippen molar-refractivity contribution in [3.05, 3.63) is 65.5 Å². The van der Waals surface area contributed by atoms with E-state index in [4.69, 9.17) is 9.47 Å². The third-order valence-electron chi connectivity index (χ3n) is 7.06. The number of methoxy groups -OCH3 is 2. The first-order valence-corrected chi connectivity index (χ1v) is 16.5. The molecule has 0 amide bonds. The van der Waals surface area contributed by atoms with Crippen LogP contribution >= 0.6 is 0 Å². The van der Waals surface area contributed by atoms with Crippen molar-refractivity contribution in [3.63, 3.8) is 0 Å². The van der Waals surface area contributed by atoms with Crippen molar-refractivity contribution in [2.45, 2.75) is 21.9 Å². The van der Waals surface area contributed by atoms with Crippen LogP contribution in [0.15, 0.2) is 58.5 Å². The Morgan fingerprint density at radius 2 is 1.22 bits per heavy atom. The summed E-state index contributed by atoms with van der Waals surface area (Å²) in [5.41, 5.74) is -1.04. The van der Waals surface area contributed by atoms with E-state index in [1.807, 2.05) is 0 Å². The van der Waals surface area contributed by atoms with E-state index in [-0.39, 0.29) is 22.8 Å². The second kappa shape index (κ2) is 15.4. The number of phenols is 2. The maximum atomic E-state index is 12.6. The lowest BCUT2D eigenvalue weighted by Crippen LogP contribution is -2.45. The van der Waals surface area contributed by atoms with Crippen molar-refractivity contribution in [3.8, 4) is 23.0 Å². The van der Waals surface area contributed by atoms with E-state index in [0.29, 0.717) is 6.07 Å². The highest BCUT2D eigenvalue weighted by molar-refractivity contribution is 7.86.